The van der Waals surface area contributed by atoms with Gasteiger partial charge in [0.25, 0.3) is 5.91 Å². The highest BCUT2D eigenvalue weighted by Crippen LogP contribution is 2.19. The lowest BCUT2D eigenvalue weighted by Crippen LogP contribution is -2.38. The summed E-state index contributed by atoms with van der Waals surface area (Å²) >= 11 is 3.19. The van der Waals surface area contributed by atoms with Crippen LogP contribution in [0.25, 0.3) is 0 Å². The molecule has 0 fully saturated rings. The van der Waals surface area contributed by atoms with E-state index in [0.29, 0.717) is 15.7 Å². The molecule has 86 valence electrons. The zero-order valence-corrected chi connectivity index (χ0v) is 10.1. The van der Waals surface area contributed by atoms with Crippen molar-refractivity contribution in [3.63, 3.8) is 0 Å². The van der Waals surface area contributed by atoms with Crippen molar-refractivity contribution in [2.24, 2.45) is 0 Å². The number of benzene rings is 1. The smallest absolute Gasteiger partial charge is 0.325 e. The molecule has 0 aromatic heterocycles. The number of nitrogen functional groups attached to an aromatic ring is 1. The molecule has 0 aliphatic rings. The summed E-state index contributed by atoms with van der Waals surface area (Å²) in [5.74, 6) is -1.57. The van der Waals surface area contributed by atoms with Crippen molar-refractivity contribution in [2.75, 3.05) is 5.73 Å². The Kier molecular flexibility index (Phi) is 3.89. The molecule has 0 saturated heterocycles. The minimum Gasteiger partial charge on any atom is -0.480 e. The Balaban J connectivity index is 2.88. The molecule has 6 heteroatoms. The van der Waals surface area contributed by atoms with Crippen molar-refractivity contribution in [1.82, 2.24) is 5.32 Å². The van der Waals surface area contributed by atoms with E-state index in [1.807, 2.05) is 0 Å². The molecule has 0 aliphatic carbocycles. The molecule has 0 saturated carbocycles. The largest absolute Gasteiger partial charge is 0.480 e. The molecule has 0 unspecified atom stereocenters. The van der Waals surface area contributed by atoms with Crippen molar-refractivity contribution < 1.29 is 14.7 Å². The van der Waals surface area contributed by atoms with E-state index in [0.717, 1.165) is 0 Å². The zero-order valence-electron chi connectivity index (χ0n) is 8.53. The SMILES string of the molecule is C[C@@H](NC(=O)c1cc(N)ccc1Br)C(=O)O. The quantitative estimate of drug-likeness (QED) is 0.729. The van der Waals surface area contributed by atoms with Crippen molar-refractivity contribution in [2.45, 2.75) is 13.0 Å². The Labute approximate surface area is 101 Å². The van der Waals surface area contributed by atoms with Gasteiger partial charge < -0.3 is 16.2 Å². The molecular formula is C10H11BrN2O3. The number of hydrogen-bond acceptors (Lipinski definition) is 3. The molecule has 0 bridgehead atoms. The number of carboxylic acid groups (broad SMARTS) is 1. The van der Waals surface area contributed by atoms with E-state index in [2.05, 4.69) is 21.2 Å². The average Bonchev–Trinajstić information content (AvgIpc) is 2.21. The van der Waals surface area contributed by atoms with Crippen LogP contribution < -0.4 is 11.1 Å². The predicted octanol–water partition coefficient (Wildman–Crippen LogP) is 1.23. The van der Waals surface area contributed by atoms with Gasteiger partial charge in [0.2, 0.25) is 0 Å². The van der Waals surface area contributed by atoms with Crippen molar-refractivity contribution >= 4 is 33.5 Å². The van der Waals surface area contributed by atoms with Crippen LogP contribution in [-0.2, 0) is 4.79 Å². The average molecular weight is 287 g/mol. The molecule has 0 heterocycles. The molecule has 1 atom stereocenters. The molecule has 4 N–H and O–H groups in total. The normalized spacial score (nSPS) is 11.9. The molecule has 1 aromatic rings. The molecular weight excluding hydrogens is 276 g/mol. The second-order valence-corrected chi connectivity index (χ2v) is 4.13. The second-order valence-electron chi connectivity index (χ2n) is 3.27. The van der Waals surface area contributed by atoms with E-state index < -0.39 is 17.9 Å². The maximum Gasteiger partial charge on any atom is 0.325 e. The second kappa shape index (κ2) is 4.98. The van der Waals surface area contributed by atoms with Crippen LogP contribution in [0, 0.1) is 0 Å². The molecule has 0 spiro atoms. The van der Waals surface area contributed by atoms with Gasteiger partial charge in [-0.05, 0) is 41.1 Å². The fourth-order valence-corrected chi connectivity index (χ4v) is 1.48. The zero-order chi connectivity index (χ0) is 12.3. The summed E-state index contributed by atoms with van der Waals surface area (Å²) in [6.07, 6.45) is 0. The number of carbonyl (C=O) groups is 2. The Morgan fingerprint density at radius 2 is 2.12 bits per heavy atom. The van der Waals surface area contributed by atoms with Gasteiger partial charge in [0.05, 0.1) is 5.56 Å². The number of nitrogens with two attached hydrogens (primary N) is 1. The van der Waals surface area contributed by atoms with E-state index in [9.17, 15) is 9.59 Å². The maximum absolute atomic E-state index is 11.7. The first-order chi connectivity index (χ1) is 7.41. The number of carboxylic acids is 1. The van der Waals surface area contributed by atoms with Crippen LogP contribution in [0.4, 0.5) is 5.69 Å². The lowest BCUT2D eigenvalue weighted by atomic mass is 10.2. The third kappa shape index (κ3) is 2.96. The first-order valence-electron chi connectivity index (χ1n) is 4.50. The van der Waals surface area contributed by atoms with Gasteiger partial charge in [0.15, 0.2) is 0 Å². The minimum absolute atomic E-state index is 0.313. The summed E-state index contributed by atoms with van der Waals surface area (Å²) < 4.78 is 0.566. The lowest BCUT2D eigenvalue weighted by Gasteiger charge is -2.10. The Bertz CT molecular complexity index is 434. The summed E-state index contributed by atoms with van der Waals surface area (Å²) in [7, 11) is 0. The van der Waals surface area contributed by atoms with Crippen molar-refractivity contribution in [1.29, 1.82) is 0 Å². The van der Waals surface area contributed by atoms with Crippen LogP contribution in [0.3, 0.4) is 0 Å². The number of halogens is 1. The molecule has 0 aliphatic heterocycles. The van der Waals surface area contributed by atoms with E-state index >= 15 is 0 Å². The lowest BCUT2D eigenvalue weighted by molar-refractivity contribution is -0.138. The first kappa shape index (κ1) is 12.5. The van der Waals surface area contributed by atoms with Crippen LogP contribution in [0.5, 0.6) is 0 Å². The number of anilines is 1. The van der Waals surface area contributed by atoms with Crippen LogP contribution in [0.15, 0.2) is 22.7 Å². The van der Waals surface area contributed by atoms with Gasteiger partial charge in [-0.25, -0.2) is 0 Å². The molecule has 1 amide bonds. The molecule has 16 heavy (non-hydrogen) atoms. The number of hydrogen-bond donors (Lipinski definition) is 3. The third-order valence-electron chi connectivity index (χ3n) is 1.95. The number of rotatable bonds is 3. The monoisotopic (exact) mass is 286 g/mol. The third-order valence-corrected chi connectivity index (χ3v) is 2.64. The molecule has 1 aromatic carbocycles. The van der Waals surface area contributed by atoms with E-state index in [-0.39, 0.29) is 0 Å². The first-order valence-corrected chi connectivity index (χ1v) is 5.30. The summed E-state index contributed by atoms with van der Waals surface area (Å²) in [6.45, 7) is 1.39. The van der Waals surface area contributed by atoms with E-state index in [1.54, 1.807) is 12.1 Å². The summed E-state index contributed by atoms with van der Waals surface area (Å²) in [5.41, 5.74) is 6.29. The maximum atomic E-state index is 11.7. The Morgan fingerprint density at radius 1 is 1.50 bits per heavy atom. The predicted molar refractivity (Wildman–Crippen MR) is 63.1 cm³/mol. The fraction of sp³-hybridized carbons (Fsp3) is 0.200. The van der Waals surface area contributed by atoms with Gasteiger partial charge in [-0.1, -0.05) is 0 Å². The van der Waals surface area contributed by atoms with Crippen molar-refractivity contribution in [3.8, 4) is 0 Å². The Morgan fingerprint density at radius 3 is 2.69 bits per heavy atom. The highest BCUT2D eigenvalue weighted by atomic mass is 79.9. The van der Waals surface area contributed by atoms with Crippen LogP contribution in [0.1, 0.15) is 17.3 Å². The summed E-state index contributed by atoms with van der Waals surface area (Å²) in [4.78, 5) is 22.2. The van der Waals surface area contributed by atoms with Gasteiger partial charge >= 0.3 is 5.97 Å². The standard InChI is InChI=1S/C10H11BrN2O3/c1-5(10(15)16)13-9(14)7-4-6(12)2-3-8(7)11/h2-5H,12H2,1H3,(H,13,14)(H,15,16)/t5-/m1/s1. The van der Waals surface area contributed by atoms with E-state index in [1.165, 1.54) is 13.0 Å². The summed E-state index contributed by atoms with van der Waals surface area (Å²) in [5, 5.41) is 11.0. The van der Waals surface area contributed by atoms with Gasteiger partial charge in [0.1, 0.15) is 6.04 Å². The molecule has 5 nitrogen and oxygen atoms in total. The van der Waals surface area contributed by atoms with Gasteiger partial charge in [-0.15, -0.1) is 0 Å². The van der Waals surface area contributed by atoms with Crippen molar-refractivity contribution in [3.05, 3.63) is 28.2 Å². The number of amides is 1. The molecule has 0 radical (unpaired) electrons. The van der Waals surface area contributed by atoms with Gasteiger partial charge in [-0.3, -0.25) is 9.59 Å². The highest BCUT2D eigenvalue weighted by molar-refractivity contribution is 9.10. The topological polar surface area (TPSA) is 92.4 Å². The number of nitrogens with one attached hydrogen (secondary N) is 1. The Hall–Kier alpha value is -1.56. The van der Waals surface area contributed by atoms with Gasteiger partial charge in [0, 0.05) is 10.2 Å². The van der Waals surface area contributed by atoms with E-state index in [4.69, 9.17) is 10.8 Å². The highest BCUT2D eigenvalue weighted by Gasteiger charge is 2.17. The molecule has 1 rings (SSSR count). The fourth-order valence-electron chi connectivity index (χ4n) is 1.05. The summed E-state index contributed by atoms with van der Waals surface area (Å²) in [6, 6.07) is 3.81. The number of carbonyl (C=O) groups excluding carboxylic acids is 1. The minimum atomic E-state index is -1.09. The van der Waals surface area contributed by atoms with Gasteiger partial charge in [-0.2, -0.15) is 0 Å². The van der Waals surface area contributed by atoms with Crippen LogP contribution >= 0.6 is 15.9 Å². The van der Waals surface area contributed by atoms with Crippen LogP contribution in [-0.4, -0.2) is 23.0 Å². The number of aliphatic carboxylic acids is 1. The van der Waals surface area contributed by atoms with Crippen LogP contribution in [0.2, 0.25) is 0 Å².